The third kappa shape index (κ3) is 4.21. The molecule has 0 saturated carbocycles. The second kappa shape index (κ2) is 8.08. The van der Waals surface area contributed by atoms with E-state index in [1.807, 2.05) is 41.8 Å². The van der Waals surface area contributed by atoms with Crippen molar-refractivity contribution in [3.05, 3.63) is 58.4 Å². The van der Waals surface area contributed by atoms with E-state index < -0.39 is 0 Å². The van der Waals surface area contributed by atoms with Crippen molar-refractivity contribution in [2.75, 3.05) is 6.61 Å². The summed E-state index contributed by atoms with van der Waals surface area (Å²) in [5.41, 5.74) is 1.01. The van der Waals surface area contributed by atoms with E-state index in [2.05, 4.69) is 17.2 Å². The molecule has 1 N–H and O–H groups in total. The summed E-state index contributed by atoms with van der Waals surface area (Å²) in [7, 11) is 0. The molecule has 0 radical (unpaired) electrons. The maximum Gasteiger partial charge on any atom is 0.263 e. The Morgan fingerprint density at radius 1 is 1.29 bits per heavy atom. The SMILES string of the molecule is CCCOc1cccc(CNC(=O)c2cnc(-c3cccs3)s2)c1. The highest BCUT2D eigenvalue weighted by Gasteiger charge is 2.12. The fourth-order valence-corrected chi connectivity index (χ4v) is 3.76. The minimum Gasteiger partial charge on any atom is -0.494 e. The highest BCUT2D eigenvalue weighted by atomic mass is 32.1. The lowest BCUT2D eigenvalue weighted by molar-refractivity contribution is 0.0954. The highest BCUT2D eigenvalue weighted by Crippen LogP contribution is 2.28. The van der Waals surface area contributed by atoms with E-state index in [9.17, 15) is 4.79 Å². The van der Waals surface area contributed by atoms with Crippen LogP contribution in [0.1, 0.15) is 28.6 Å². The molecule has 0 aliphatic rings. The summed E-state index contributed by atoms with van der Waals surface area (Å²) in [5.74, 6) is 0.733. The van der Waals surface area contributed by atoms with Gasteiger partial charge < -0.3 is 10.1 Å². The van der Waals surface area contributed by atoms with Crippen LogP contribution < -0.4 is 10.1 Å². The molecule has 0 aliphatic heterocycles. The summed E-state index contributed by atoms with van der Waals surface area (Å²) in [4.78, 5) is 18.3. The van der Waals surface area contributed by atoms with E-state index in [1.165, 1.54) is 11.3 Å². The van der Waals surface area contributed by atoms with Crippen molar-refractivity contribution in [3.8, 4) is 15.6 Å². The first-order valence-electron chi connectivity index (χ1n) is 7.76. The number of nitrogens with zero attached hydrogens (tertiary/aromatic N) is 1. The van der Waals surface area contributed by atoms with Crippen LogP contribution in [0.5, 0.6) is 5.75 Å². The van der Waals surface area contributed by atoms with Gasteiger partial charge in [-0.15, -0.1) is 22.7 Å². The lowest BCUT2D eigenvalue weighted by atomic mass is 10.2. The van der Waals surface area contributed by atoms with Crippen LogP contribution in [-0.4, -0.2) is 17.5 Å². The number of ether oxygens (including phenoxy) is 1. The molecule has 2 heterocycles. The molecule has 3 aromatic rings. The van der Waals surface area contributed by atoms with Crippen LogP contribution in [0.4, 0.5) is 0 Å². The Balaban J connectivity index is 1.59. The van der Waals surface area contributed by atoms with Gasteiger partial charge in [0.1, 0.15) is 15.6 Å². The van der Waals surface area contributed by atoms with E-state index >= 15 is 0 Å². The molecular formula is C18H18N2O2S2. The van der Waals surface area contributed by atoms with Gasteiger partial charge in [-0.1, -0.05) is 25.1 Å². The molecule has 0 spiro atoms. The molecule has 3 rings (SSSR count). The topological polar surface area (TPSA) is 51.2 Å². The first-order chi connectivity index (χ1) is 11.8. The predicted octanol–water partition coefficient (Wildman–Crippen LogP) is 4.59. The van der Waals surface area contributed by atoms with E-state index in [-0.39, 0.29) is 5.91 Å². The highest BCUT2D eigenvalue weighted by molar-refractivity contribution is 7.21. The number of hydrogen-bond acceptors (Lipinski definition) is 5. The minimum absolute atomic E-state index is 0.102. The fourth-order valence-electron chi connectivity index (χ4n) is 2.13. The zero-order valence-corrected chi connectivity index (χ0v) is 15.0. The lowest BCUT2D eigenvalue weighted by Gasteiger charge is -2.07. The number of aromatic nitrogens is 1. The number of thiophene rings is 1. The molecule has 24 heavy (non-hydrogen) atoms. The molecule has 6 heteroatoms. The van der Waals surface area contributed by atoms with Gasteiger partial charge in [-0.25, -0.2) is 4.98 Å². The van der Waals surface area contributed by atoms with Crippen LogP contribution in [0.3, 0.4) is 0 Å². The molecular weight excluding hydrogens is 340 g/mol. The Morgan fingerprint density at radius 2 is 2.21 bits per heavy atom. The van der Waals surface area contributed by atoms with Crippen LogP contribution in [-0.2, 0) is 6.54 Å². The third-order valence-electron chi connectivity index (χ3n) is 3.29. The van der Waals surface area contributed by atoms with E-state index in [1.54, 1.807) is 17.5 Å². The molecule has 1 amide bonds. The molecule has 4 nitrogen and oxygen atoms in total. The summed E-state index contributed by atoms with van der Waals surface area (Å²) >= 11 is 3.03. The van der Waals surface area contributed by atoms with Crippen LogP contribution in [0.2, 0.25) is 0 Å². The monoisotopic (exact) mass is 358 g/mol. The summed E-state index contributed by atoms with van der Waals surface area (Å²) in [5, 5.41) is 5.82. The summed E-state index contributed by atoms with van der Waals surface area (Å²) < 4.78 is 5.61. The van der Waals surface area contributed by atoms with Crippen molar-refractivity contribution in [1.82, 2.24) is 10.3 Å². The Hall–Kier alpha value is -2.18. The van der Waals surface area contributed by atoms with Crippen LogP contribution >= 0.6 is 22.7 Å². The van der Waals surface area contributed by atoms with Crippen molar-refractivity contribution in [3.63, 3.8) is 0 Å². The van der Waals surface area contributed by atoms with Crippen LogP contribution in [0, 0.1) is 0 Å². The molecule has 2 aromatic heterocycles. The Labute approximate surface area is 149 Å². The molecule has 124 valence electrons. The smallest absolute Gasteiger partial charge is 0.263 e. The van der Waals surface area contributed by atoms with Crippen molar-refractivity contribution in [2.24, 2.45) is 0 Å². The minimum atomic E-state index is -0.102. The van der Waals surface area contributed by atoms with Gasteiger partial charge in [-0.2, -0.15) is 0 Å². The molecule has 1 aromatic carbocycles. The molecule has 0 bridgehead atoms. The summed E-state index contributed by atoms with van der Waals surface area (Å²) in [6, 6.07) is 11.8. The van der Waals surface area contributed by atoms with Crippen LogP contribution in [0.15, 0.2) is 48.0 Å². The van der Waals surface area contributed by atoms with E-state index in [4.69, 9.17) is 4.74 Å². The standard InChI is InChI=1S/C18H18N2O2S2/c1-2-8-22-14-6-3-5-13(10-14)11-19-17(21)16-12-20-18(24-16)15-7-4-9-23-15/h3-7,9-10,12H,2,8,11H2,1H3,(H,19,21). The molecule has 0 fully saturated rings. The second-order valence-corrected chi connectivity index (χ2v) is 7.16. The van der Waals surface area contributed by atoms with Crippen molar-refractivity contribution < 1.29 is 9.53 Å². The first-order valence-corrected chi connectivity index (χ1v) is 9.45. The van der Waals surface area contributed by atoms with Crippen molar-refractivity contribution >= 4 is 28.6 Å². The number of carbonyl (C=O) groups excluding carboxylic acids is 1. The maximum absolute atomic E-state index is 12.3. The first kappa shape index (κ1) is 16.7. The number of benzene rings is 1. The van der Waals surface area contributed by atoms with Gasteiger partial charge in [0.15, 0.2) is 0 Å². The normalized spacial score (nSPS) is 10.5. The maximum atomic E-state index is 12.3. The summed E-state index contributed by atoms with van der Waals surface area (Å²) in [6.45, 7) is 3.24. The van der Waals surface area contributed by atoms with Gasteiger partial charge in [0.25, 0.3) is 5.91 Å². The van der Waals surface area contributed by atoms with Gasteiger partial charge in [-0.05, 0) is 35.6 Å². The largest absolute Gasteiger partial charge is 0.494 e. The number of rotatable bonds is 7. The van der Waals surface area contributed by atoms with Crippen molar-refractivity contribution in [1.29, 1.82) is 0 Å². The fraction of sp³-hybridized carbons (Fsp3) is 0.222. The molecule has 0 aliphatic carbocycles. The lowest BCUT2D eigenvalue weighted by Crippen LogP contribution is -2.21. The number of nitrogens with one attached hydrogen (secondary N) is 1. The Morgan fingerprint density at radius 3 is 3.00 bits per heavy atom. The number of amides is 1. The average Bonchev–Trinajstić information content (AvgIpc) is 3.29. The zero-order valence-electron chi connectivity index (χ0n) is 13.3. The predicted molar refractivity (Wildman–Crippen MR) is 98.8 cm³/mol. The second-order valence-electron chi connectivity index (χ2n) is 5.19. The van der Waals surface area contributed by atoms with E-state index in [0.717, 1.165) is 27.6 Å². The van der Waals surface area contributed by atoms with Crippen molar-refractivity contribution in [2.45, 2.75) is 19.9 Å². The zero-order chi connectivity index (χ0) is 16.8. The van der Waals surface area contributed by atoms with Gasteiger partial charge in [0.2, 0.25) is 0 Å². The number of hydrogen-bond donors (Lipinski definition) is 1. The van der Waals surface area contributed by atoms with Gasteiger partial charge in [0, 0.05) is 6.54 Å². The molecule has 0 atom stereocenters. The summed E-state index contributed by atoms with van der Waals surface area (Å²) in [6.07, 6.45) is 2.61. The van der Waals surface area contributed by atoms with E-state index in [0.29, 0.717) is 18.0 Å². The van der Waals surface area contributed by atoms with Crippen LogP contribution in [0.25, 0.3) is 9.88 Å². The average molecular weight is 358 g/mol. The third-order valence-corrected chi connectivity index (χ3v) is 5.32. The number of carbonyl (C=O) groups is 1. The number of thiazole rings is 1. The Kier molecular flexibility index (Phi) is 5.61. The molecule has 0 saturated heterocycles. The molecule has 0 unspecified atom stereocenters. The Bertz CT molecular complexity index is 797. The van der Waals surface area contributed by atoms with Gasteiger partial charge in [-0.3, -0.25) is 4.79 Å². The quantitative estimate of drug-likeness (QED) is 0.672. The van der Waals surface area contributed by atoms with Gasteiger partial charge in [0.05, 0.1) is 17.7 Å². The van der Waals surface area contributed by atoms with Gasteiger partial charge >= 0.3 is 0 Å².